The normalized spacial score (nSPS) is 48.7. The smallest absolute Gasteiger partial charge is 0.162 e. The van der Waals surface area contributed by atoms with Crippen LogP contribution in [0.3, 0.4) is 0 Å². The fourth-order valence-corrected chi connectivity index (χ4v) is 7.18. The Labute approximate surface area is 150 Å². The van der Waals surface area contributed by atoms with Gasteiger partial charge in [0, 0.05) is 38.3 Å². The summed E-state index contributed by atoms with van der Waals surface area (Å²) in [4.78, 5) is 2.45. The number of benzene rings is 1. The Morgan fingerprint density at radius 1 is 1.04 bits per heavy atom. The molecule has 1 atom stereocenters. The molecular formula is C22H33N2+. The van der Waals surface area contributed by atoms with Crippen molar-refractivity contribution in [3.05, 3.63) is 29.8 Å². The van der Waals surface area contributed by atoms with Crippen LogP contribution < -0.4 is 4.90 Å². The van der Waals surface area contributed by atoms with Gasteiger partial charge in [-0.25, -0.2) is 0 Å². The van der Waals surface area contributed by atoms with Gasteiger partial charge in [-0.05, 0) is 50.7 Å². The number of hydrogen-bond acceptors (Lipinski definition) is 1. The molecule has 3 heterocycles. The van der Waals surface area contributed by atoms with E-state index in [-0.39, 0.29) is 6.17 Å². The van der Waals surface area contributed by atoms with Crippen molar-refractivity contribution in [1.29, 1.82) is 0 Å². The van der Waals surface area contributed by atoms with Crippen LogP contribution in [0.1, 0.15) is 61.2 Å². The molecule has 6 rings (SSSR count). The van der Waals surface area contributed by atoms with Gasteiger partial charge >= 0.3 is 0 Å². The maximum Gasteiger partial charge on any atom is 0.162 e. The number of aryl methyl sites for hydroxylation is 1. The van der Waals surface area contributed by atoms with E-state index in [9.17, 15) is 2.74 Å². The number of quaternary nitrogens is 1. The van der Waals surface area contributed by atoms with E-state index in [0.717, 1.165) is 11.8 Å². The van der Waals surface area contributed by atoms with Crippen molar-refractivity contribution >= 4 is 5.69 Å². The zero-order valence-electron chi connectivity index (χ0n) is 17.6. The summed E-state index contributed by atoms with van der Waals surface area (Å²) in [6.07, 6.45) is 6.58. The van der Waals surface area contributed by atoms with Gasteiger partial charge in [0.15, 0.2) is 6.17 Å². The molecule has 24 heavy (non-hydrogen) atoms. The lowest BCUT2D eigenvalue weighted by Crippen LogP contribution is -2.72. The van der Waals surface area contributed by atoms with Crippen molar-refractivity contribution in [2.75, 3.05) is 11.4 Å². The van der Waals surface area contributed by atoms with Gasteiger partial charge in [0.2, 0.25) is 0 Å². The quantitative estimate of drug-likeness (QED) is 0.675. The average molecular weight is 328 g/mol. The number of hydrogen-bond donors (Lipinski definition) is 0. The second kappa shape index (κ2) is 4.78. The molecule has 1 aromatic carbocycles. The van der Waals surface area contributed by atoms with Crippen LogP contribution in [0, 0.1) is 18.8 Å². The van der Waals surface area contributed by atoms with Gasteiger partial charge in [0.1, 0.15) is 6.50 Å². The van der Waals surface area contributed by atoms with E-state index in [1.807, 2.05) is 0 Å². The zero-order chi connectivity index (χ0) is 18.5. The van der Waals surface area contributed by atoms with E-state index in [1.54, 1.807) is 0 Å². The molecule has 2 heteroatoms. The molecule has 2 nitrogen and oxygen atoms in total. The summed E-state index contributed by atoms with van der Waals surface area (Å²) in [5.74, 6) is 1.72. The Hall–Kier alpha value is -1.02. The molecule has 0 aromatic heterocycles. The first-order chi connectivity index (χ1) is 12.2. The summed E-state index contributed by atoms with van der Waals surface area (Å²) >= 11 is 0. The van der Waals surface area contributed by atoms with Gasteiger partial charge in [-0.2, -0.15) is 0 Å². The van der Waals surface area contributed by atoms with Crippen molar-refractivity contribution in [3.63, 3.8) is 0 Å². The van der Waals surface area contributed by atoms with Crippen LogP contribution in [0.5, 0.6) is 0 Å². The van der Waals surface area contributed by atoms with E-state index in [4.69, 9.17) is 0 Å². The maximum absolute atomic E-state index is 9.49. The molecule has 130 valence electrons. The van der Waals surface area contributed by atoms with Gasteiger partial charge in [0.05, 0.1) is 20.4 Å². The molecule has 1 unspecified atom stereocenters. The molecule has 4 bridgehead atoms. The molecule has 2 saturated carbocycles. The summed E-state index contributed by atoms with van der Waals surface area (Å²) < 4.78 is 19.7. The molecule has 0 N–H and O–H groups in total. The van der Waals surface area contributed by atoms with Gasteiger partial charge < -0.3 is 4.90 Å². The van der Waals surface area contributed by atoms with Crippen LogP contribution in [0.15, 0.2) is 24.3 Å². The second-order valence-electron chi connectivity index (χ2n) is 9.51. The number of anilines is 1. The first-order valence-corrected chi connectivity index (χ1v) is 9.94. The molecule has 0 amide bonds. The minimum Gasteiger partial charge on any atom is -0.312 e. The molecule has 5 fully saturated rings. The Morgan fingerprint density at radius 2 is 1.62 bits per heavy atom. The minimum absolute atomic E-state index is 0.191. The average Bonchev–Trinajstić information content (AvgIpc) is 2.67. The molecule has 1 spiro atoms. The summed E-state index contributed by atoms with van der Waals surface area (Å²) in [6.45, 7) is 7.54. The van der Waals surface area contributed by atoms with Crippen molar-refractivity contribution in [1.82, 2.24) is 0 Å². The largest absolute Gasteiger partial charge is 0.312 e. The highest BCUT2D eigenvalue weighted by atomic mass is 15.6. The summed E-state index contributed by atoms with van der Waals surface area (Å²) in [5, 5.41) is 0. The molecule has 1 aromatic rings. The van der Waals surface area contributed by atoms with Crippen LogP contribution in [-0.2, 0) is 0 Å². The van der Waals surface area contributed by atoms with E-state index in [2.05, 4.69) is 56.9 Å². The Bertz CT molecular complexity index is 713. The first-order valence-electron chi connectivity index (χ1n) is 10.9. The summed E-state index contributed by atoms with van der Waals surface area (Å²) in [7, 11) is 0. The third-order valence-electron chi connectivity index (χ3n) is 7.73. The highest BCUT2D eigenvalue weighted by molar-refractivity contribution is 5.56. The molecule has 3 saturated heterocycles. The Balaban J connectivity index is 1.69. The van der Waals surface area contributed by atoms with Crippen molar-refractivity contribution in [2.24, 2.45) is 11.8 Å². The Morgan fingerprint density at radius 3 is 2.21 bits per heavy atom. The molecular weight excluding hydrogens is 292 g/mol. The van der Waals surface area contributed by atoms with Crippen LogP contribution in [0.25, 0.3) is 0 Å². The molecule has 3 aliphatic heterocycles. The highest BCUT2D eigenvalue weighted by Gasteiger charge is 2.66. The van der Waals surface area contributed by atoms with Crippen LogP contribution in [0.4, 0.5) is 5.69 Å². The monoisotopic (exact) mass is 327 g/mol. The molecule has 2 aliphatic carbocycles. The zero-order valence-corrected chi connectivity index (χ0v) is 15.6. The fourth-order valence-electron chi connectivity index (χ4n) is 7.18. The molecule has 0 radical (unpaired) electrons. The Kier molecular flexibility index (Phi) is 2.63. The van der Waals surface area contributed by atoms with Crippen LogP contribution >= 0.6 is 0 Å². The summed E-state index contributed by atoms with van der Waals surface area (Å²) in [6, 6.07) is 9.57. The predicted octanol–water partition coefficient (Wildman–Crippen LogP) is 4.72. The highest BCUT2D eigenvalue weighted by Crippen LogP contribution is 2.58. The van der Waals surface area contributed by atoms with Crippen molar-refractivity contribution in [2.45, 2.75) is 83.6 Å². The number of piperidine rings is 2. The number of para-hydroxylation sites is 1. The predicted molar refractivity (Wildman–Crippen MR) is 100.0 cm³/mol. The SMILES string of the molecule is [2H]C1([2H])C(C)(C)N(c2ccccc2C)C(C)[N+]12C1CC3CC(C1)CC2C3. The number of nitrogens with zero attached hydrogens (tertiary/aromatic N) is 2. The second-order valence-corrected chi connectivity index (χ2v) is 9.51. The fraction of sp³-hybridized carbons (Fsp3) is 0.727. The lowest BCUT2D eigenvalue weighted by atomic mass is 9.62. The number of rotatable bonds is 1. The summed E-state index contributed by atoms with van der Waals surface area (Å²) in [5.41, 5.74) is 1.96. The minimum atomic E-state index is -1.24. The topological polar surface area (TPSA) is 3.24 Å². The van der Waals surface area contributed by atoms with E-state index in [0.29, 0.717) is 16.6 Å². The standard InChI is InChI=1S/C22H33N2/c1-15-7-5-6-8-21(15)23-16(2)24(14-22(23,3)4)19-10-17-9-18(12-19)13-20(24)11-17/h5-8,16-20H,9-14H2,1-4H3/q+1/i14D2. The molecule has 5 aliphatic rings. The van der Waals surface area contributed by atoms with Crippen molar-refractivity contribution < 1.29 is 7.22 Å². The van der Waals surface area contributed by atoms with Crippen LogP contribution in [-0.4, -0.2) is 34.8 Å². The lowest BCUT2D eigenvalue weighted by molar-refractivity contribution is -0.997. The first kappa shape index (κ1) is 13.2. The van der Waals surface area contributed by atoms with E-state index in [1.165, 1.54) is 43.4 Å². The van der Waals surface area contributed by atoms with E-state index < -0.39 is 12.0 Å². The van der Waals surface area contributed by atoms with Gasteiger partial charge in [-0.15, -0.1) is 0 Å². The third-order valence-corrected chi connectivity index (χ3v) is 7.73. The van der Waals surface area contributed by atoms with Gasteiger partial charge in [-0.1, -0.05) is 18.2 Å². The van der Waals surface area contributed by atoms with Gasteiger partial charge in [-0.3, -0.25) is 4.48 Å². The van der Waals surface area contributed by atoms with E-state index >= 15 is 0 Å². The maximum atomic E-state index is 9.49. The lowest BCUT2D eigenvalue weighted by Gasteiger charge is -2.62. The van der Waals surface area contributed by atoms with Crippen molar-refractivity contribution in [3.8, 4) is 0 Å². The van der Waals surface area contributed by atoms with Gasteiger partial charge in [0.25, 0.3) is 0 Å². The van der Waals surface area contributed by atoms with Crippen LogP contribution in [0.2, 0.25) is 0 Å². The third kappa shape index (κ3) is 1.81.